The monoisotopic (exact) mass is 310 g/mol. The molecule has 1 aromatic rings. The Morgan fingerprint density at radius 1 is 1.50 bits per heavy atom. The fourth-order valence-electron chi connectivity index (χ4n) is 2.80. The minimum Gasteiger partial charge on any atom is -0.444 e. The molecule has 1 N–H and O–H groups in total. The molecule has 1 fully saturated rings. The van der Waals surface area contributed by atoms with Gasteiger partial charge in [0.1, 0.15) is 17.5 Å². The summed E-state index contributed by atoms with van der Waals surface area (Å²) in [7, 11) is 0. The zero-order valence-electron chi connectivity index (χ0n) is 13.6. The molecule has 0 radical (unpaired) electrons. The average Bonchev–Trinajstić information content (AvgIpc) is 2.33. The van der Waals surface area contributed by atoms with Crippen LogP contribution in [0.25, 0.3) is 0 Å². The lowest BCUT2D eigenvalue weighted by molar-refractivity contribution is -0.105. The average molecular weight is 310 g/mol. The SMILES string of the molecule is CC(C)(C)OC(=O)N1[C@H]([C@H](O)c2cncc(F)c2)CC1(C)C. The molecular formula is C16H23FN2O3. The Labute approximate surface area is 130 Å². The molecule has 0 saturated carbocycles. The number of carbonyl (C=O) groups is 1. The van der Waals surface area contributed by atoms with Gasteiger partial charge in [0.15, 0.2) is 0 Å². The summed E-state index contributed by atoms with van der Waals surface area (Å²) in [6.45, 7) is 9.19. The molecule has 0 aromatic carbocycles. The largest absolute Gasteiger partial charge is 0.444 e. The molecule has 0 spiro atoms. The molecule has 2 heterocycles. The lowest BCUT2D eigenvalue weighted by atomic mass is 9.78. The number of aromatic nitrogens is 1. The first-order chi connectivity index (χ1) is 10.0. The maximum Gasteiger partial charge on any atom is 0.411 e. The van der Waals surface area contributed by atoms with Crippen molar-refractivity contribution in [1.29, 1.82) is 0 Å². The Hall–Kier alpha value is -1.69. The zero-order valence-corrected chi connectivity index (χ0v) is 13.6. The fraction of sp³-hybridized carbons (Fsp3) is 0.625. The number of nitrogens with zero attached hydrogens (tertiary/aromatic N) is 2. The van der Waals surface area contributed by atoms with Gasteiger partial charge in [-0.05, 0) is 47.1 Å². The van der Waals surface area contributed by atoms with Gasteiger partial charge in [-0.2, -0.15) is 0 Å². The summed E-state index contributed by atoms with van der Waals surface area (Å²) >= 11 is 0. The maximum atomic E-state index is 13.3. The molecule has 1 aliphatic rings. The molecular weight excluding hydrogens is 287 g/mol. The third kappa shape index (κ3) is 3.38. The minimum atomic E-state index is -0.997. The van der Waals surface area contributed by atoms with Crippen molar-refractivity contribution in [1.82, 2.24) is 9.88 Å². The number of amides is 1. The highest BCUT2D eigenvalue weighted by atomic mass is 19.1. The second-order valence-electron chi connectivity index (χ2n) is 7.32. The van der Waals surface area contributed by atoms with Crippen LogP contribution in [0.1, 0.15) is 52.7 Å². The fourth-order valence-corrected chi connectivity index (χ4v) is 2.80. The van der Waals surface area contributed by atoms with Gasteiger partial charge in [-0.1, -0.05) is 0 Å². The third-order valence-corrected chi connectivity index (χ3v) is 3.71. The van der Waals surface area contributed by atoms with Crippen LogP contribution in [-0.2, 0) is 4.74 Å². The van der Waals surface area contributed by atoms with Gasteiger partial charge in [0, 0.05) is 17.3 Å². The van der Waals surface area contributed by atoms with Crippen molar-refractivity contribution in [3.63, 3.8) is 0 Å². The molecule has 0 bridgehead atoms. The standard InChI is InChI=1S/C16H23FN2O3/c1-15(2,3)22-14(21)19-12(7-16(19,4)5)13(20)10-6-11(17)9-18-8-10/h6,8-9,12-13,20H,7H2,1-5H3/t12-,13+/m0/s1. The Balaban J connectivity index is 2.19. The summed E-state index contributed by atoms with van der Waals surface area (Å²) in [5.74, 6) is -0.515. The molecule has 122 valence electrons. The van der Waals surface area contributed by atoms with Crippen LogP contribution in [0.4, 0.5) is 9.18 Å². The van der Waals surface area contributed by atoms with Gasteiger partial charge >= 0.3 is 6.09 Å². The van der Waals surface area contributed by atoms with Gasteiger partial charge in [0.05, 0.1) is 12.2 Å². The van der Waals surface area contributed by atoms with E-state index in [-0.39, 0.29) is 0 Å². The topological polar surface area (TPSA) is 62.7 Å². The first kappa shape index (κ1) is 16.7. The van der Waals surface area contributed by atoms with Crippen molar-refractivity contribution in [3.8, 4) is 0 Å². The Bertz CT molecular complexity index is 569. The van der Waals surface area contributed by atoms with E-state index in [4.69, 9.17) is 4.74 Å². The zero-order chi connectivity index (χ0) is 16.7. The van der Waals surface area contributed by atoms with E-state index in [1.54, 1.807) is 20.8 Å². The summed E-state index contributed by atoms with van der Waals surface area (Å²) in [6.07, 6.45) is 1.61. The number of likely N-dealkylation sites (tertiary alicyclic amines) is 1. The van der Waals surface area contributed by atoms with E-state index >= 15 is 0 Å². The van der Waals surface area contributed by atoms with E-state index in [9.17, 15) is 14.3 Å². The third-order valence-electron chi connectivity index (χ3n) is 3.71. The van der Waals surface area contributed by atoms with Gasteiger partial charge in [-0.15, -0.1) is 0 Å². The van der Waals surface area contributed by atoms with Crippen molar-refractivity contribution in [3.05, 3.63) is 29.8 Å². The van der Waals surface area contributed by atoms with Crippen LogP contribution in [0.3, 0.4) is 0 Å². The quantitative estimate of drug-likeness (QED) is 0.912. The molecule has 0 unspecified atom stereocenters. The van der Waals surface area contributed by atoms with E-state index in [0.29, 0.717) is 12.0 Å². The van der Waals surface area contributed by atoms with Crippen LogP contribution in [0, 0.1) is 5.82 Å². The number of aliphatic hydroxyl groups excluding tert-OH is 1. The van der Waals surface area contributed by atoms with E-state index in [1.807, 2.05) is 13.8 Å². The number of hydrogen-bond donors (Lipinski definition) is 1. The lowest BCUT2D eigenvalue weighted by Gasteiger charge is -2.56. The van der Waals surface area contributed by atoms with Crippen LogP contribution < -0.4 is 0 Å². The first-order valence-corrected chi connectivity index (χ1v) is 7.32. The van der Waals surface area contributed by atoms with Crippen molar-refractivity contribution in [2.24, 2.45) is 0 Å². The summed E-state index contributed by atoms with van der Waals surface area (Å²) in [4.78, 5) is 17.6. The van der Waals surface area contributed by atoms with E-state index in [1.165, 1.54) is 17.2 Å². The highest BCUT2D eigenvalue weighted by Crippen LogP contribution is 2.43. The van der Waals surface area contributed by atoms with Gasteiger partial charge in [0.2, 0.25) is 0 Å². The highest BCUT2D eigenvalue weighted by Gasteiger charge is 2.52. The molecule has 22 heavy (non-hydrogen) atoms. The van der Waals surface area contributed by atoms with E-state index in [2.05, 4.69) is 4.98 Å². The van der Waals surface area contributed by atoms with Crippen LogP contribution in [0.15, 0.2) is 18.5 Å². The number of hydrogen-bond acceptors (Lipinski definition) is 4. The molecule has 2 atom stereocenters. The molecule has 1 aliphatic heterocycles. The summed E-state index contributed by atoms with van der Waals surface area (Å²) in [5, 5.41) is 10.5. The summed E-state index contributed by atoms with van der Waals surface area (Å²) < 4.78 is 18.7. The molecule has 1 saturated heterocycles. The molecule has 1 aromatic heterocycles. The summed E-state index contributed by atoms with van der Waals surface area (Å²) in [5.41, 5.74) is -0.665. The molecule has 0 aliphatic carbocycles. The Kier molecular flexibility index (Phi) is 4.17. The van der Waals surface area contributed by atoms with Crippen LogP contribution in [-0.4, -0.2) is 38.3 Å². The van der Waals surface area contributed by atoms with E-state index < -0.39 is 35.2 Å². The van der Waals surface area contributed by atoms with Gasteiger partial charge in [-0.3, -0.25) is 9.88 Å². The number of ether oxygens (including phenoxy) is 1. The molecule has 5 nitrogen and oxygen atoms in total. The number of halogens is 1. The number of pyridine rings is 1. The van der Waals surface area contributed by atoms with Gasteiger partial charge in [0.25, 0.3) is 0 Å². The Morgan fingerprint density at radius 3 is 2.64 bits per heavy atom. The molecule has 1 amide bonds. The summed E-state index contributed by atoms with van der Waals surface area (Å²) in [6, 6.07) is 0.782. The number of rotatable bonds is 2. The van der Waals surface area contributed by atoms with Gasteiger partial charge in [-0.25, -0.2) is 9.18 Å². The van der Waals surface area contributed by atoms with Crippen LogP contribution in [0.5, 0.6) is 0 Å². The Morgan fingerprint density at radius 2 is 2.14 bits per heavy atom. The predicted octanol–water partition coefficient (Wildman–Crippen LogP) is 3.04. The second kappa shape index (κ2) is 5.50. The van der Waals surface area contributed by atoms with Crippen molar-refractivity contribution in [2.75, 3.05) is 0 Å². The smallest absolute Gasteiger partial charge is 0.411 e. The lowest BCUT2D eigenvalue weighted by Crippen LogP contribution is -2.67. The molecule has 2 rings (SSSR count). The van der Waals surface area contributed by atoms with Crippen LogP contribution in [0.2, 0.25) is 0 Å². The van der Waals surface area contributed by atoms with Crippen molar-refractivity contribution >= 4 is 6.09 Å². The minimum absolute atomic E-state index is 0.356. The van der Waals surface area contributed by atoms with Gasteiger partial charge < -0.3 is 9.84 Å². The van der Waals surface area contributed by atoms with Crippen LogP contribution >= 0.6 is 0 Å². The highest BCUT2D eigenvalue weighted by molar-refractivity contribution is 5.71. The molecule has 6 heteroatoms. The number of aliphatic hydroxyl groups is 1. The van der Waals surface area contributed by atoms with Crippen molar-refractivity contribution < 1.29 is 19.0 Å². The maximum absolute atomic E-state index is 13.3. The number of carbonyl (C=O) groups excluding carboxylic acids is 1. The second-order valence-corrected chi connectivity index (χ2v) is 7.32. The normalized spacial score (nSPS) is 22.0. The first-order valence-electron chi connectivity index (χ1n) is 7.32. The van der Waals surface area contributed by atoms with E-state index in [0.717, 1.165) is 6.20 Å². The predicted molar refractivity (Wildman–Crippen MR) is 79.7 cm³/mol. The van der Waals surface area contributed by atoms with Crippen molar-refractivity contribution in [2.45, 2.75) is 64.3 Å².